The second-order valence-electron chi connectivity index (χ2n) is 2.78. The van der Waals surface area contributed by atoms with E-state index in [1.165, 1.54) is 0 Å². The van der Waals surface area contributed by atoms with Gasteiger partial charge in [-0.2, -0.15) is 0 Å². The number of aromatic nitrogens is 1. The molecule has 0 amide bonds. The minimum atomic E-state index is -3.23. The van der Waals surface area contributed by atoms with Crippen molar-refractivity contribution in [2.24, 2.45) is 5.73 Å². The van der Waals surface area contributed by atoms with Crippen LogP contribution in [0.3, 0.4) is 0 Å². The van der Waals surface area contributed by atoms with Crippen LogP contribution in [0.5, 0.6) is 0 Å². The van der Waals surface area contributed by atoms with E-state index in [4.69, 9.17) is 5.73 Å². The van der Waals surface area contributed by atoms with E-state index in [1.54, 1.807) is 24.5 Å². The minimum absolute atomic E-state index is 0.0436. The van der Waals surface area contributed by atoms with Crippen molar-refractivity contribution in [3.05, 3.63) is 30.1 Å². The summed E-state index contributed by atoms with van der Waals surface area (Å²) in [6, 6.07) is 3.51. The van der Waals surface area contributed by atoms with Gasteiger partial charge < -0.3 is 5.73 Å². The smallest absolute Gasteiger partial charge is 0.213 e. The fraction of sp³-hybridized carbons (Fsp3) is 0.375. The predicted molar refractivity (Wildman–Crippen MR) is 53.9 cm³/mol. The van der Waals surface area contributed by atoms with Crippen LogP contribution in [0, 0.1) is 0 Å². The second-order valence-corrected chi connectivity index (χ2v) is 4.71. The van der Waals surface area contributed by atoms with Crippen molar-refractivity contribution in [1.82, 2.24) is 9.71 Å². The molecule has 0 saturated heterocycles. The maximum absolute atomic E-state index is 11.2. The minimum Gasteiger partial charge on any atom is -0.329 e. The van der Waals surface area contributed by atoms with Crippen LogP contribution in [0.15, 0.2) is 24.5 Å². The van der Waals surface area contributed by atoms with Crippen LogP contribution in [-0.2, 0) is 16.6 Å². The van der Waals surface area contributed by atoms with Crippen LogP contribution in [-0.4, -0.2) is 25.7 Å². The summed E-state index contributed by atoms with van der Waals surface area (Å²) >= 11 is 0. The summed E-state index contributed by atoms with van der Waals surface area (Å²) in [6.07, 6.45) is 3.24. The standard InChI is InChI=1S/C8H13N3O2S/c9-3-6-14(12,13)11-7-8-1-4-10-5-2-8/h1-2,4-5,11H,3,6-7,9H2. The van der Waals surface area contributed by atoms with E-state index in [0.29, 0.717) is 0 Å². The van der Waals surface area contributed by atoms with Crippen molar-refractivity contribution in [1.29, 1.82) is 0 Å². The Labute approximate surface area is 83.4 Å². The third-order valence-electron chi connectivity index (χ3n) is 1.63. The molecule has 0 aromatic carbocycles. The van der Waals surface area contributed by atoms with Gasteiger partial charge in [-0.25, -0.2) is 13.1 Å². The number of hydrogen-bond acceptors (Lipinski definition) is 4. The Balaban J connectivity index is 2.49. The average molecular weight is 215 g/mol. The molecular weight excluding hydrogens is 202 g/mol. The molecule has 1 heterocycles. The molecule has 0 atom stereocenters. The molecular formula is C8H13N3O2S. The first-order valence-corrected chi connectivity index (χ1v) is 5.85. The number of hydrogen-bond donors (Lipinski definition) is 2. The Bertz CT molecular complexity index is 363. The van der Waals surface area contributed by atoms with E-state index < -0.39 is 10.0 Å². The van der Waals surface area contributed by atoms with E-state index in [0.717, 1.165) is 5.56 Å². The molecule has 1 aromatic heterocycles. The zero-order valence-electron chi connectivity index (χ0n) is 7.68. The lowest BCUT2D eigenvalue weighted by Gasteiger charge is -2.04. The maximum atomic E-state index is 11.2. The summed E-state index contributed by atoms with van der Waals surface area (Å²) in [5, 5.41) is 0. The largest absolute Gasteiger partial charge is 0.329 e. The lowest BCUT2D eigenvalue weighted by molar-refractivity contribution is 0.581. The maximum Gasteiger partial charge on any atom is 0.213 e. The highest BCUT2D eigenvalue weighted by Crippen LogP contribution is 1.96. The lowest BCUT2D eigenvalue weighted by atomic mass is 10.3. The second kappa shape index (κ2) is 5.04. The SMILES string of the molecule is NCCS(=O)(=O)NCc1ccncc1. The highest BCUT2D eigenvalue weighted by Gasteiger charge is 2.07. The molecule has 0 saturated carbocycles. The fourth-order valence-electron chi connectivity index (χ4n) is 0.921. The fourth-order valence-corrected chi connectivity index (χ4v) is 1.76. The molecule has 0 bridgehead atoms. The first kappa shape index (κ1) is 11.1. The van der Waals surface area contributed by atoms with Gasteiger partial charge >= 0.3 is 0 Å². The molecule has 0 fully saturated rings. The van der Waals surface area contributed by atoms with Crippen LogP contribution in [0.4, 0.5) is 0 Å². The van der Waals surface area contributed by atoms with E-state index in [1.807, 2.05) is 0 Å². The van der Waals surface area contributed by atoms with Crippen LogP contribution in [0.1, 0.15) is 5.56 Å². The molecule has 0 aliphatic carbocycles. The van der Waals surface area contributed by atoms with E-state index in [2.05, 4.69) is 9.71 Å². The Hall–Kier alpha value is -0.980. The third-order valence-corrected chi connectivity index (χ3v) is 2.99. The van der Waals surface area contributed by atoms with Gasteiger partial charge in [-0.05, 0) is 17.7 Å². The zero-order valence-corrected chi connectivity index (χ0v) is 8.50. The van der Waals surface area contributed by atoms with Crippen molar-refractivity contribution >= 4 is 10.0 Å². The number of rotatable bonds is 5. The molecule has 0 spiro atoms. The van der Waals surface area contributed by atoms with Gasteiger partial charge in [0.1, 0.15) is 0 Å². The van der Waals surface area contributed by atoms with Gasteiger partial charge in [-0.1, -0.05) is 0 Å². The summed E-state index contributed by atoms with van der Waals surface area (Å²) < 4.78 is 24.8. The molecule has 1 rings (SSSR count). The first-order chi connectivity index (χ1) is 6.64. The van der Waals surface area contributed by atoms with Gasteiger partial charge in [0.15, 0.2) is 0 Å². The van der Waals surface area contributed by atoms with Gasteiger partial charge in [-0.15, -0.1) is 0 Å². The number of nitrogens with two attached hydrogens (primary N) is 1. The Morgan fingerprint density at radius 3 is 2.57 bits per heavy atom. The summed E-state index contributed by atoms with van der Waals surface area (Å²) in [6.45, 7) is 0.413. The molecule has 0 aliphatic heterocycles. The number of nitrogens with one attached hydrogen (secondary N) is 1. The first-order valence-electron chi connectivity index (χ1n) is 4.20. The summed E-state index contributed by atoms with van der Waals surface area (Å²) in [5.41, 5.74) is 6.03. The Kier molecular flexibility index (Phi) is 3.99. The lowest BCUT2D eigenvalue weighted by Crippen LogP contribution is -2.29. The number of pyridine rings is 1. The molecule has 5 nitrogen and oxygen atoms in total. The van der Waals surface area contributed by atoms with Crippen LogP contribution < -0.4 is 10.5 Å². The molecule has 6 heteroatoms. The molecule has 78 valence electrons. The van der Waals surface area contributed by atoms with Crippen LogP contribution in [0.25, 0.3) is 0 Å². The van der Waals surface area contributed by atoms with Crippen molar-refractivity contribution in [2.75, 3.05) is 12.3 Å². The van der Waals surface area contributed by atoms with Gasteiger partial charge in [0.05, 0.1) is 5.75 Å². The Morgan fingerprint density at radius 2 is 2.00 bits per heavy atom. The van der Waals surface area contributed by atoms with Crippen LogP contribution in [0.2, 0.25) is 0 Å². The molecule has 0 unspecified atom stereocenters. The summed E-state index contributed by atoms with van der Waals surface area (Å²) in [4.78, 5) is 3.83. The monoisotopic (exact) mass is 215 g/mol. The molecule has 3 N–H and O–H groups in total. The van der Waals surface area contributed by atoms with Gasteiger partial charge in [0.25, 0.3) is 0 Å². The molecule has 1 aromatic rings. The quantitative estimate of drug-likeness (QED) is 0.690. The van der Waals surface area contributed by atoms with E-state index in [-0.39, 0.29) is 18.8 Å². The van der Waals surface area contributed by atoms with E-state index in [9.17, 15) is 8.42 Å². The van der Waals surface area contributed by atoms with Crippen molar-refractivity contribution in [2.45, 2.75) is 6.54 Å². The van der Waals surface area contributed by atoms with Gasteiger partial charge in [0.2, 0.25) is 10.0 Å². The molecule has 14 heavy (non-hydrogen) atoms. The number of sulfonamides is 1. The molecule has 0 aliphatic rings. The van der Waals surface area contributed by atoms with Gasteiger partial charge in [0, 0.05) is 25.5 Å². The van der Waals surface area contributed by atoms with E-state index >= 15 is 0 Å². The summed E-state index contributed by atoms with van der Waals surface area (Å²) in [5.74, 6) is -0.0436. The molecule has 0 radical (unpaired) electrons. The third kappa shape index (κ3) is 3.82. The topological polar surface area (TPSA) is 85.1 Å². The number of nitrogens with zero attached hydrogens (tertiary/aromatic N) is 1. The predicted octanol–water partition coefficient (Wildman–Crippen LogP) is -0.540. The van der Waals surface area contributed by atoms with Gasteiger partial charge in [-0.3, -0.25) is 4.98 Å². The zero-order chi connectivity index (χ0) is 10.4. The highest BCUT2D eigenvalue weighted by molar-refractivity contribution is 7.89. The highest BCUT2D eigenvalue weighted by atomic mass is 32.2. The summed E-state index contributed by atoms with van der Waals surface area (Å²) in [7, 11) is -3.23. The van der Waals surface area contributed by atoms with Crippen molar-refractivity contribution in [3.8, 4) is 0 Å². The average Bonchev–Trinajstić information content (AvgIpc) is 2.17. The van der Waals surface area contributed by atoms with Crippen molar-refractivity contribution < 1.29 is 8.42 Å². The Morgan fingerprint density at radius 1 is 1.36 bits per heavy atom. The normalized spacial score (nSPS) is 11.5. The van der Waals surface area contributed by atoms with Crippen LogP contribution >= 0.6 is 0 Å². The van der Waals surface area contributed by atoms with Crippen molar-refractivity contribution in [3.63, 3.8) is 0 Å².